The monoisotopic (exact) mass is 419 g/mol. The fourth-order valence-corrected chi connectivity index (χ4v) is 3.33. The normalized spacial score (nSPS) is 11.6. The maximum absolute atomic E-state index is 13.4. The largest absolute Gasteiger partial charge is 0.867 e. The van der Waals surface area contributed by atoms with E-state index in [0.717, 1.165) is 16.8 Å². The lowest BCUT2D eigenvalue weighted by Gasteiger charge is -2.18. The average molecular weight is 420 g/mol. The van der Waals surface area contributed by atoms with E-state index in [4.69, 9.17) is 12.2 Å². The van der Waals surface area contributed by atoms with Gasteiger partial charge in [-0.3, -0.25) is 10.1 Å². The smallest absolute Gasteiger partial charge is 0.272 e. The number of nitrogens with zero attached hydrogens (tertiary/aromatic N) is 2. The number of nitrogens with one attached hydrogen (secondary N) is 1. The summed E-state index contributed by atoms with van der Waals surface area (Å²) in [7, 11) is 0. The van der Waals surface area contributed by atoms with E-state index in [2.05, 4.69) is 5.32 Å². The van der Waals surface area contributed by atoms with Gasteiger partial charge < -0.3 is 10.4 Å². The molecule has 3 aromatic rings. The number of aryl methyl sites for hydroxylation is 3. The van der Waals surface area contributed by atoms with Crippen molar-refractivity contribution in [3.63, 3.8) is 0 Å². The first kappa shape index (κ1) is 21.1. The Morgan fingerprint density at radius 1 is 1.00 bits per heavy atom. The average Bonchev–Trinajstić information content (AvgIpc) is 2.71. The molecule has 0 aliphatic carbocycles. The van der Waals surface area contributed by atoms with Gasteiger partial charge in [-0.2, -0.15) is 4.57 Å². The second-order valence-electron chi connectivity index (χ2n) is 6.99. The van der Waals surface area contributed by atoms with E-state index in [9.17, 15) is 15.2 Å². The van der Waals surface area contributed by atoms with Crippen LogP contribution in [0.5, 0.6) is 0 Å². The van der Waals surface area contributed by atoms with E-state index in [1.54, 1.807) is 48.1 Å². The second kappa shape index (κ2) is 8.84. The van der Waals surface area contributed by atoms with E-state index < -0.39 is 10.7 Å². The Balaban J connectivity index is 2.13. The van der Waals surface area contributed by atoms with Gasteiger partial charge in [0.2, 0.25) is 5.70 Å². The highest BCUT2D eigenvalue weighted by Gasteiger charge is 2.20. The second-order valence-corrected chi connectivity index (χ2v) is 7.40. The number of rotatable bonds is 5. The van der Waals surface area contributed by atoms with Crippen LogP contribution < -0.4 is 15.0 Å². The molecule has 152 valence electrons. The first-order valence-electron chi connectivity index (χ1n) is 9.30. The summed E-state index contributed by atoms with van der Waals surface area (Å²) < 4.78 is 1.62. The van der Waals surface area contributed by atoms with E-state index in [1.807, 2.05) is 38.1 Å². The Bertz CT molecular complexity index is 1160. The summed E-state index contributed by atoms with van der Waals surface area (Å²) in [6, 6.07) is 15.8. The minimum absolute atomic E-state index is 0.105. The van der Waals surface area contributed by atoms with Crippen molar-refractivity contribution in [2.45, 2.75) is 20.8 Å². The van der Waals surface area contributed by atoms with Gasteiger partial charge in [0.25, 0.3) is 5.69 Å². The van der Waals surface area contributed by atoms with Crippen LogP contribution >= 0.6 is 12.2 Å². The van der Waals surface area contributed by atoms with Gasteiger partial charge in [0.15, 0.2) is 17.4 Å². The van der Waals surface area contributed by atoms with Crippen LogP contribution in [0, 0.1) is 30.9 Å². The molecule has 0 aliphatic rings. The highest BCUT2D eigenvalue weighted by molar-refractivity contribution is 7.81. The molecule has 0 bridgehead atoms. The standard InChI is InChI=1S/C23H21N3O3S/c1-15-7-8-16(2)19(13-15)24-23(30)21(25-11-5-4-6-12-25)22(27)18-10-9-17(3)20(14-18)26(28)29/h4-14H,1-3H3,(H-,24,27,30). The van der Waals surface area contributed by atoms with Crippen LogP contribution in [0.15, 0.2) is 67.0 Å². The molecular weight excluding hydrogens is 398 g/mol. The van der Waals surface area contributed by atoms with Crippen LogP contribution in [-0.4, -0.2) is 9.91 Å². The molecular formula is C23H21N3O3S. The number of nitro groups is 1. The molecule has 0 fully saturated rings. The zero-order valence-corrected chi connectivity index (χ0v) is 17.7. The molecule has 0 saturated carbocycles. The third-order valence-electron chi connectivity index (χ3n) is 4.71. The molecule has 0 unspecified atom stereocenters. The van der Waals surface area contributed by atoms with E-state index >= 15 is 0 Å². The molecule has 1 N–H and O–H groups in total. The van der Waals surface area contributed by atoms with Gasteiger partial charge in [-0.1, -0.05) is 42.5 Å². The van der Waals surface area contributed by atoms with Crippen molar-refractivity contribution >= 4 is 40.0 Å². The van der Waals surface area contributed by atoms with Crippen molar-refractivity contribution in [3.8, 4) is 0 Å². The molecule has 6 nitrogen and oxygen atoms in total. The fraction of sp³-hybridized carbons (Fsp3) is 0.130. The summed E-state index contributed by atoms with van der Waals surface area (Å²) in [4.78, 5) is 11.1. The molecule has 1 aromatic heterocycles. The highest BCUT2D eigenvalue weighted by atomic mass is 32.1. The topological polar surface area (TPSA) is 82.1 Å². The minimum atomic E-state index is -0.492. The molecule has 2 aromatic carbocycles. The van der Waals surface area contributed by atoms with Crippen molar-refractivity contribution in [2.75, 3.05) is 5.32 Å². The molecule has 0 saturated heterocycles. The van der Waals surface area contributed by atoms with Gasteiger partial charge in [0.05, 0.1) is 4.92 Å². The van der Waals surface area contributed by atoms with Crippen molar-refractivity contribution in [2.24, 2.45) is 0 Å². The molecule has 0 atom stereocenters. The highest BCUT2D eigenvalue weighted by Crippen LogP contribution is 2.25. The first-order chi connectivity index (χ1) is 14.3. The van der Waals surface area contributed by atoms with Crippen molar-refractivity contribution in [1.29, 1.82) is 0 Å². The Hall–Kier alpha value is -3.58. The minimum Gasteiger partial charge on any atom is -0.867 e. The van der Waals surface area contributed by atoms with E-state index in [1.165, 1.54) is 6.07 Å². The maximum Gasteiger partial charge on any atom is 0.272 e. The Morgan fingerprint density at radius 3 is 2.33 bits per heavy atom. The number of pyridine rings is 1. The van der Waals surface area contributed by atoms with E-state index in [-0.39, 0.29) is 21.9 Å². The number of hydrogen-bond donors (Lipinski definition) is 1. The zero-order valence-electron chi connectivity index (χ0n) is 16.9. The van der Waals surface area contributed by atoms with Gasteiger partial charge >= 0.3 is 0 Å². The predicted molar refractivity (Wildman–Crippen MR) is 120 cm³/mol. The first-order valence-corrected chi connectivity index (χ1v) is 9.70. The molecule has 7 heteroatoms. The Morgan fingerprint density at radius 2 is 1.67 bits per heavy atom. The Kier molecular flexibility index (Phi) is 6.23. The molecule has 1 heterocycles. The fourth-order valence-electron chi connectivity index (χ4n) is 3.02. The molecule has 30 heavy (non-hydrogen) atoms. The van der Waals surface area contributed by atoms with Crippen molar-refractivity contribution in [3.05, 3.63) is 99.4 Å². The third-order valence-corrected chi connectivity index (χ3v) is 5.01. The SMILES string of the molecule is Cc1ccc(C)c(NC(=S)C(=C([O-])c2ccc(C)c([N+](=O)[O-])c2)[n+]2ccccc2)c1. The lowest BCUT2D eigenvalue weighted by molar-refractivity contribution is -0.577. The molecule has 0 spiro atoms. The van der Waals surface area contributed by atoms with Crippen LogP contribution in [0.2, 0.25) is 0 Å². The lowest BCUT2D eigenvalue weighted by atomic mass is 10.1. The van der Waals surface area contributed by atoms with Crippen LogP contribution in [0.4, 0.5) is 11.4 Å². The molecule has 0 aliphatic heterocycles. The number of hydrogen-bond acceptors (Lipinski definition) is 4. The van der Waals surface area contributed by atoms with Crippen molar-refractivity contribution in [1.82, 2.24) is 0 Å². The van der Waals surface area contributed by atoms with Crippen LogP contribution in [0.25, 0.3) is 11.5 Å². The molecule has 0 radical (unpaired) electrons. The maximum atomic E-state index is 13.4. The Labute approximate surface area is 180 Å². The number of benzene rings is 2. The number of aromatic nitrogens is 1. The van der Waals surface area contributed by atoms with Crippen LogP contribution in [0.1, 0.15) is 22.3 Å². The number of nitro benzene ring substituents is 1. The summed E-state index contributed by atoms with van der Waals surface area (Å²) in [5, 5.41) is 27.9. The van der Waals surface area contributed by atoms with Gasteiger partial charge in [-0.15, -0.1) is 0 Å². The van der Waals surface area contributed by atoms with Crippen LogP contribution in [0.3, 0.4) is 0 Å². The summed E-state index contributed by atoms with van der Waals surface area (Å²) in [5.74, 6) is -0.405. The zero-order chi connectivity index (χ0) is 21.8. The van der Waals surface area contributed by atoms with Gasteiger partial charge in [0, 0.05) is 29.4 Å². The number of anilines is 1. The van der Waals surface area contributed by atoms with Crippen molar-refractivity contribution < 1.29 is 14.6 Å². The predicted octanol–water partition coefficient (Wildman–Crippen LogP) is 3.93. The van der Waals surface area contributed by atoms with Gasteiger partial charge in [0.1, 0.15) is 0 Å². The summed E-state index contributed by atoms with van der Waals surface area (Å²) in [5.41, 5.74) is 3.64. The summed E-state index contributed by atoms with van der Waals surface area (Å²) in [6.07, 6.45) is 3.43. The van der Waals surface area contributed by atoms with Crippen LogP contribution in [-0.2, 0) is 0 Å². The lowest BCUT2D eigenvalue weighted by Crippen LogP contribution is -2.39. The number of thiocarbonyl (C=S) groups is 1. The quantitative estimate of drug-likeness (QED) is 0.169. The molecule has 0 amide bonds. The summed E-state index contributed by atoms with van der Waals surface area (Å²) in [6.45, 7) is 5.56. The third kappa shape index (κ3) is 4.52. The van der Waals surface area contributed by atoms with E-state index in [0.29, 0.717) is 5.56 Å². The summed E-state index contributed by atoms with van der Waals surface area (Å²) >= 11 is 5.61. The van der Waals surface area contributed by atoms with Gasteiger partial charge in [-0.25, -0.2) is 0 Å². The molecule has 3 rings (SSSR count). The van der Waals surface area contributed by atoms with Gasteiger partial charge in [-0.05, 0) is 49.3 Å².